The van der Waals surface area contributed by atoms with Crippen molar-refractivity contribution in [1.82, 2.24) is 5.32 Å². The fourth-order valence-electron chi connectivity index (χ4n) is 4.86. The molecule has 2 aromatic rings. The van der Waals surface area contributed by atoms with Crippen LogP contribution >= 0.6 is 0 Å². The molecule has 5 rings (SSSR count). The molecule has 0 unspecified atom stereocenters. The molecule has 1 fully saturated rings. The second-order valence-electron chi connectivity index (χ2n) is 8.89. The van der Waals surface area contributed by atoms with Crippen LogP contribution < -0.4 is 15.5 Å². The van der Waals surface area contributed by atoms with Crippen LogP contribution in [-0.4, -0.2) is 56.2 Å². The summed E-state index contributed by atoms with van der Waals surface area (Å²) in [6, 6.07) is 8.26. The second kappa shape index (κ2) is 10.5. The normalized spacial score (nSPS) is 20.5. The van der Waals surface area contributed by atoms with E-state index in [-0.39, 0.29) is 5.69 Å². The van der Waals surface area contributed by atoms with Crippen molar-refractivity contribution in [2.45, 2.75) is 37.3 Å². The van der Waals surface area contributed by atoms with Crippen LogP contribution in [0, 0.1) is 11.6 Å². The Morgan fingerprint density at radius 1 is 1.00 bits per heavy atom. The molecule has 0 bridgehead atoms. The molecule has 2 N–H and O–H groups in total. The van der Waals surface area contributed by atoms with Crippen LogP contribution in [0.4, 0.5) is 52.2 Å². The molecule has 6 nitrogen and oxygen atoms in total. The van der Waals surface area contributed by atoms with Crippen molar-refractivity contribution in [3.05, 3.63) is 53.1 Å². The summed E-state index contributed by atoms with van der Waals surface area (Å²) in [6.45, 7) is 4.20. The fraction of sp³-hybridized carbons (Fsp3) is 0.417. The Morgan fingerprint density at radius 2 is 1.68 bits per heavy atom. The maximum Gasteiger partial charge on any atom is 0.458 e. The maximum atomic E-state index is 14.1. The first kappa shape index (κ1) is 27.8. The molecule has 2 atom stereocenters. The number of carbonyl (C=O) groups is 2. The van der Waals surface area contributed by atoms with Gasteiger partial charge in [0.2, 0.25) is 0 Å². The number of halogens is 8. The highest BCUT2D eigenvalue weighted by Gasteiger charge is 2.54. The lowest BCUT2D eigenvalue weighted by Crippen LogP contribution is -2.44. The lowest BCUT2D eigenvalue weighted by molar-refractivity contribution is -0.193. The van der Waals surface area contributed by atoms with E-state index in [0.717, 1.165) is 50.0 Å². The number of carbonyl (C=O) groups excluding carboxylic acids is 2. The summed E-state index contributed by atoms with van der Waals surface area (Å²) in [5.41, 5.74) is 4.84. The zero-order chi connectivity index (χ0) is 27.8. The minimum absolute atomic E-state index is 0.279. The van der Waals surface area contributed by atoms with Crippen molar-refractivity contribution in [2.75, 3.05) is 36.5 Å². The average molecular weight is 551 g/mol. The van der Waals surface area contributed by atoms with Crippen LogP contribution in [0.1, 0.15) is 23.5 Å². The summed E-state index contributed by atoms with van der Waals surface area (Å²) in [6.07, 6.45) is -10.4. The molecule has 0 aliphatic carbocycles. The van der Waals surface area contributed by atoms with Crippen molar-refractivity contribution in [2.24, 2.45) is 0 Å². The zero-order valence-electron chi connectivity index (χ0n) is 19.5. The molecule has 3 heterocycles. The van der Waals surface area contributed by atoms with Crippen molar-refractivity contribution < 1.29 is 49.4 Å². The third-order valence-corrected chi connectivity index (χ3v) is 6.42. The maximum absolute atomic E-state index is 14.1. The number of piperidine rings is 1. The molecule has 0 spiro atoms. The Morgan fingerprint density at radius 3 is 2.32 bits per heavy atom. The lowest BCUT2D eigenvalue weighted by atomic mass is 9.89. The number of Topliss-reactive ketones (excluding diaryl/α,β-unsaturated/α-hetero) is 2. The van der Waals surface area contributed by atoms with E-state index in [1.807, 2.05) is 6.07 Å². The number of hydrogen-bond donors (Lipinski definition) is 2. The second-order valence-corrected chi connectivity index (χ2v) is 8.89. The number of fused-ring (bicyclic) bond motifs is 3. The monoisotopic (exact) mass is 551 g/mol. The number of anilines is 3. The van der Waals surface area contributed by atoms with Gasteiger partial charge < -0.3 is 20.3 Å². The number of rotatable bonds is 3. The minimum Gasteiger partial charge on any atom is -0.375 e. The molecule has 2 aromatic carbocycles. The molecule has 38 heavy (non-hydrogen) atoms. The molecule has 0 saturated carbocycles. The SMILES string of the molecule is Fc1ccc(Nc2cc3c4c(c2)[C@@H]2CNCC[C@@H]2N4CCOC3)c(F)c1.O=C(C(=O)C(F)(F)F)C(F)(F)F. The van der Waals surface area contributed by atoms with E-state index in [1.165, 1.54) is 23.4 Å². The predicted molar refractivity (Wildman–Crippen MR) is 119 cm³/mol. The molecule has 1 saturated heterocycles. The van der Waals surface area contributed by atoms with Gasteiger partial charge in [0.15, 0.2) is 0 Å². The molecule has 14 heteroatoms. The van der Waals surface area contributed by atoms with Crippen LogP contribution in [0.2, 0.25) is 0 Å². The lowest BCUT2D eigenvalue weighted by Gasteiger charge is -2.33. The first-order chi connectivity index (χ1) is 17.8. The third kappa shape index (κ3) is 5.75. The van der Waals surface area contributed by atoms with E-state index in [9.17, 15) is 44.7 Å². The van der Waals surface area contributed by atoms with E-state index in [0.29, 0.717) is 18.6 Å². The highest BCUT2D eigenvalue weighted by Crippen LogP contribution is 2.47. The summed E-state index contributed by atoms with van der Waals surface area (Å²) in [7, 11) is 0. The zero-order valence-corrected chi connectivity index (χ0v) is 19.5. The van der Waals surface area contributed by atoms with Gasteiger partial charge in [-0.05, 0) is 42.8 Å². The first-order valence-corrected chi connectivity index (χ1v) is 11.4. The molecular weight excluding hydrogens is 530 g/mol. The van der Waals surface area contributed by atoms with Crippen LogP contribution in [0.5, 0.6) is 0 Å². The van der Waals surface area contributed by atoms with Crippen molar-refractivity contribution in [1.29, 1.82) is 0 Å². The summed E-state index contributed by atoms with van der Waals surface area (Å²) >= 11 is 0. The Bertz CT molecular complexity index is 1210. The summed E-state index contributed by atoms with van der Waals surface area (Å²) in [4.78, 5) is 21.7. The molecule has 3 aliphatic heterocycles. The van der Waals surface area contributed by atoms with Crippen molar-refractivity contribution in [3.63, 3.8) is 0 Å². The van der Waals surface area contributed by atoms with Gasteiger partial charge in [-0.25, -0.2) is 8.78 Å². The van der Waals surface area contributed by atoms with Crippen LogP contribution in [0.25, 0.3) is 0 Å². The standard InChI is InChI=1S/C20H21F2N3O.C4F6O2/c21-13-1-2-18(17(22)8-13)24-14-7-12-11-26-6-5-25-19-3-4-23-10-16(19)15(9-14)20(12)25;5-3(6,7)1(11)2(12)4(8,9)10/h1-2,7-9,16,19,23-24H,3-6,10-11H2;/t16-,19-;/m0./s1. The van der Waals surface area contributed by atoms with Crippen molar-refractivity contribution >= 4 is 28.6 Å². The average Bonchev–Trinajstić information content (AvgIpc) is 2.99. The summed E-state index contributed by atoms with van der Waals surface area (Å²) < 4.78 is 100.0. The number of benzene rings is 2. The topological polar surface area (TPSA) is 70.7 Å². The van der Waals surface area contributed by atoms with Gasteiger partial charge >= 0.3 is 23.9 Å². The van der Waals surface area contributed by atoms with E-state index < -0.39 is 35.6 Å². The highest BCUT2D eigenvalue weighted by atomic mass is 19.4. The number of nitrogens with zero attached hydrogens (tertiary/aromatic N) is 1. The summed E-state index contributed by atoms with van der Waals surface area (Å²) in [5.74, 6) is -7.54. The van der Waals surface area contributed by atoms with Crippen LogP contribution in [-0.2, 0) is 20.9 Å². The molecule has 3 aliphatic rings. The Balaban J connectivity index is 0.000000240. The van der Waals surface area contributed by atoms with Gasteiger partial charge in [0.25, 0.3) is 0 Å². The molecule has 206 valence electrons. The Kier molecular flexibility index (Phi) is 7.66. The van der Waals surface area contributed by atoms with Gasteiger partial charge in [-0.2, -0.15) is 26.3 Å². The van der Waals surface area contributed by atoms with Crippen LogP contribution in [0.3, 0.4) is 0 Å². The van der Waals surface area contributed by atoms with E-state index >= 15 is 0 Å². The largest absolute Gasteiger partial charge is 0.458 e. The number of hydrogen-bond acceptors (Lipinski definition) is 6. The Labute approximate surface area is 210 Å². The number of nitrogens with one attached hydrogen (secondary N) is 2. The van der Waals surface area contributed by atoms with Gasteiger partial charge in [0, 0.05) is 48.1 Å². The predicted octanol–water partition coefficient (Wildman–Crippen LogP) is 4.75. The molecule has 0 radical (unpaired) electrons. The van der Waals surface area contributed by atoms with Gasteiger partial charge in [-0.3, -0.25) is 9.59 Å². The van der Waals surface area contributed by atoms with E-state index in [4.69, 9.17) is 4.74 Å². The molecule has 0 amide bonds. The van der Waals surface area contributed by atoms with Crippen LogP contribution in [0.15, 0.2) is 30.3 Å². The molecule has 0 aromatic heterocycles. The quantitative estimate of drug-likeness (QED) is 0.424. The summed E-state index contributed by atoms with van der Waals surface area (Å²) in [5, 5.41) is 6.62. The van der Waals surface area contributed by atoms with Gasteiger partial charge in [-0.1, -0.05) is 0 Å². The first-order valence-electron chi connectivity index (χ1n) is 11.4. The van der Waals surface area contributed by atoms with E-state index in [2.05, 4.69) is 21.6 Å². The Hall–Kier alpha value is -3.26. The van der Waals surface area contributed by atoms with E-state index in [1.54, 1.807) is 0 Å². The molecular formula is C24H21F8N3O3. The van der Waals surface area contributed by atoms with Gasteiger partial charge in [0.05, 0.1) is 18.9 Å². The third-order valence-electron chi connectivity index (χ3n) is 6.42. The highest BCUT2D eigenvalue weighted by molar-refractivity contribution is 6.41. The minimum atomic E-state index is -5.77. The number of ether oxygens (including phenoxy) is 1. The van der Waals surface area contributed by atoms with Gasteiger partial charge in [0.1, 0.15) is 11.6 Å². The van der Waals surface area contributed by atoms with Crippen molar-refractivity contribution in [3.8, 4) is 0 Å². The smallest absolute Gasteiger partial charge is 0.375 e. The van der Waals surface area contributed by atoms with Gasteiger partial charge in [-0.15, -0.1) is 0 Å². The number of alkyl halides is 6. The number of ketones is 2. The fourth-order valence-corrected chi connectivity index (χ4v) is 4.86.